The van der Waals surface area contributed by atoms with Crippen LogP contribution in [0.15, 0.2) is 54.6 Å². The van der Waals surface area contributed by atoms with Crippen LogP contribution in [0.5, 0.6) is 0 Å². The maximum atomic E-state index is 13.5. The Kier molecular flexibility index (Phi) is 6.84. The third-order valence-electron chi connectivity index (χ3n) is 3.67. The molecule has 0 aliphatic rings. The fourth-order valence-electron chi connectivity index (χ4n) is 2.34. The lowest BCUT2D eigenvalue weighted by molar-refractivity contribution is -0.150. The lowest BCUT2D eigenvalue weighted by Crippen LogP contribution is -2.44. The van der Waals surface area contributed by atoms with Gasteiger partial charge in [0.25, 0.3) is 11.8 Å². The summed E-state index contributed by atoms with van der Waals surface area (Å²) < 4.78 is 18.5. The van der Waals surface area contributed by atoms with Gasteiger partial charge in [-0.3, -0.25) is 25.2 Å². The van der Waals surface area contributed by atoms with Gasteiger partial charge in [-0.15, -0.1) is 0 Å². The monoisotopic (exact) mass is 358 g/mol. The first-order valence-corrected chi connectivity index (χ1v) is 8.08. The Morgan fingerprint density at radius 2 is 1.65 bits per heavy atom. The number of nitrogens with one attached hydrogen (secondary N) is 2. The highest BCUT2D eigenvalue weighted by Gasteiger charge is 2.21. The second-order valence-corrected chi connectivity index (χ2v) is 5.46. The molecule has 2 aromatic rings. The van der Waals surface area contributed by atoms with Gasteiger partial charge in [0.05, 0.1) is 11.5 Å². The van der Waals surface area contributed by atoms with Crippen molar-refractivity contribution < 1.29 is 23.5 Å². The molecule has 0 heterocycles. The van der Waals surface area contributed by atoms with E-state index in [0.29, 0.717) is 6.42 Å². The van der Waals surface area contributed by atoms with Crippen molar-refractivity contribution in [1.82, 2.24) is 10.9 Å². The summed E-state index contributed by atoms with van der Waals surface area (Å²) in [4.78, 5) is 35.6. The van der Waals surface area contributed by atoms with E-state index in [4.69, 9.17) is 4.74 Å². The molecular formula is C19H19FN2O4. The summed E-state index contributed by atoms with van der Waals surface area (Å²) in [6.45, 7) is 1.29. The number of benzene rings is 2. The minimum absolute atomic E-state index is 0.208. The number of esters is 1. The van der Waals surface area contributed by atoms with E-state index in [2.05, 4.69) is 10.9 Å². The summed E-state index contributed by atoms with van der Waals surface area (Å²) in [5.74, 6) is -3.25. The Morgan fingerprint density at radius 3 is 2.31 bits per heavy atom. The zero-order valence-electron chi connectivity index (χ0n) is 14.2. The maximum Gasteiger partial charge on any atom is 0.313 e. The second-order valence-electron chi connectivity index (χ2n) is 5.46. The van der Waals surface area contributed by atoms with Gasteiger partial charge in [0.2, 0.25) is 0 Å². The predicted octanol–water partition coefficient (Wildman–Crippen LogP) is 2.32. The highest BCUT2D eigenvalue weighted by atomic mass is 19.1. The van der Waals surface area contributed by atoms with Gasteiger partial charge in [-0.2, -0.15) is 0 Å². The number of hydrogen-bond acceptors (Lipinski definition) is 4. The minimum atomic E-state index is -0.807. The van der Waals surface area contributed by atoms with Crippen LogP contribution in [-0.4, -0.2) is 24.4 Å². The summed E-state index contributed by atoms with van der Waals surface area (Å²) in [6.07, 6.45) is 0.522. The lowest BCUT2D eigenvalue weighted by atomic mass is 9.97. The smallest absolute Gasteiger partial charge is 0.313 e. The van der Waals surface area contributed by atoms with E-state index in [0.717, 1.165) is 11.6 Å². The number of rotatable bonds is 6. The number of hydrazine groups is 1. The number of amides is 2. The van der Waals surface area contributed by atoms with Crippen LogP contribution in [0.2, 0.25) is 0 Å². The van der Waals surface area contributed by atoms with E-state index in [1.165, 1.54) is 18.2 Å². The molecule has 0 aromatic heterocycles. The van der Waals surface area contributed by atoms with Gasteiger partial charge in [0.15, 0.2) is 6.61 Å². The Bertz CT molecular complexity index is 780. The number of hydrogen-bond donors (Lipinski definition) is 2. The molecule has 0 bridgehead atoms. The van der Waals surface area contributed by atoms with E-state index in [1.54, 1.807) is 0 Å². The predicted molar refractivity (Wildman–Crippen MR) is 92.4 cm³/mol. The molecular weight excluding hydrogens is 339 g/mol. The van der Waals surface area contributed by atoms with E-state index < -0.39 is 36.1 Å². The zero-order valence-corrected chi connectivity index (χ0v) is 14.2. The normalized spacial score (nSPS) is 11.3. The topological polar surface area (TPSA) is 84.5 Å². The van der Waals surface area contributed by atoms with Gasteiger partial charge in [0.1, 0.15) is 5.82 Å². The molecule has 7 heteroatoms. The van der Waals surface area contributed by atoms with Crippen LogP contribution in [0.25, 0.3) is 0 Å². The van der Waals surface area contributed by atoms with Crippen LogP contribution in [0, 0.1) is 5.82 Å². The van der Waals surface area contributed by atoms with Gasteiger partial charge in [0, 0.05) is 0 Å². The Hall–Kier alpha value is -3.22. The highest BCUT2D eigenvalue weighted by Crippen LogP contribution is 2.20. The Morgan fingerprint density at radius 1 is 1.00 bits per heavy atom. The summed E-state index contributed by atoms with van der Waals surface area (Å²) >= 11 is 0. The summed E-state index contributed by atoms with van der Waals surface area (Å²) in [6, 6.07) is 14.4. The number of halogens is 1. The van der Waals surface area contributed by atoms with E-state index in [9.17, 15) is 18.8 Å². The molecule has 2 amide bonds. The summed E-state index contributed by atoms with van der Waals surface area (Å²) in [5.41, 5.74) is 4.74. The Labute approximate surface area is 150 Å². The number of ether oxygens (including phenoxy) is 1. The van der Waals surface area contributed by atoms with Crippen LogP contribution >= 0.6 is 0 Å². The molecule has 0 saturated heterocycles. The van der Waals surface area contributed by atoms with Gasteiger partial charge in [-0.05, 0) is 24.1 Å². The van der Waals surface area contributed by atoms with Crippen LogP contribution < -0.4 is 10.9 Å². The first-order valence-electron chi connectivity index (χ1n) is 8.08. The summed E-state index contributed by atoms with van der Waals surface area (Å²) in [5, 5.41) is 0. The molecule has 0 aliphatic carbocycles. The van der Waals surface area contributed by atoms with Crippen molar-refractivity contribution in [1.29, 1.82) is 0 Å². The van der Waals surface area contributed by atoms with Crippen molar-refractivity contribution in [2.75, 3.05) is 6.61 Å². The van der Waals surface area contributed by atoms with Gasteiger partial charge >= 0.3 is 5.97 Å². The largest absolute Gasteiger partial charge is 0.455 e. The molecule has 1 atom stereocenters. The molecule has 0 spiro atoms. The Balaban J connectivity index is 1.82. The van der Waals surface area contributed by atoms with Crippen molar-refractivity contribution >= 4 is 17.8 Å². The van der Waals surface area contributed by atoms with Gasteiger partial charge < -0.3 is 4.74 Å². The van der Waals surface area contributed by atoms with Crippen LogP contribution in [-0.2, 0) is 14.3 Å². The molecule has 2 aromatic carbocycles. The number of carbonyl (C=O) groups is 3. The zero-order chi connectivity index (χ0) is 18.9. The first-order chi connectivity index (χ1) is 12.5. The van der Waals surface area contributed by atoms with E-state index in [-0.39, 0.29) is 5.56 Å². The average molecular weight is 358 g/mol. The van der Waals surface area contributed by atoms with Crippen molar-refractivity contribution in [2.45, 2.75) is 19.3 Å². The van der Waals surface area contributed by atoms with Gasteiger partial charge in [-0.25, -0.2) is 4.39 Å². The molecule has 26 heavy (non-hydrogen) atoms. The molecule has 6 nitrogen and oxygen atoms in total. The van der Waals surface area contributed by atoms with E-state index in [1.807, 2.05) is 37.3 Å². The van der Waals surface area contributed by atoms with Crippen molar-refractivity contribution in [3.05, 3.63) is 71.5 Å². The molecule has 0 radical (unpaired) electrons. The molecule has 136 valence electrons. The first kappa shape index (κ1) is 19.1. The second kappa shape index (κ2) is 9.31. The molecule has 0 saturated carbocycles. The SMILES string of the molecule is CCC(C(=O)OCC(=O)NNC(=O)c1ccccc1F)c1ccccc1. The quantitative estimate of drug-likeness (QED) is 0.613. The molecule has 1 unspecified atom stereocenters. The number of carbonyl (C=O) groups excluding carboxylic acids is 3. The molecule has 2 rings (SSSR count). The van der Waals surface area contributed by atoms with Crippen LogP contribution in [0.3, 0.4) is 0 Å². The standard InChI is InChI=1S/C19H19FN2O4/c1-2-14(13-8-4-3-5-9-13)19(25)26-12-17(23)21-22-18(24)15-10-6-7-11-16(15)20/h3-11,14H,2,12H2,1H3,(H,21,23)(H,22,24). The van der Waals surface area contributed by atoms with Crippen LogP contribution in [0.1, 0.15) is 35.2 Å². The average Bonchev–Trinajstić information content (AvgIpc) is 2.66. The molecule has 2 N–H and O–H groups in total. The van der Waals surface area contributed by atoms with Crippen LogP contribution in [0.4, 0.5) is 4.39 Å². The van der Waals surface area contributed by atoms with Crippen molar-refractivity contribution in [3.8, 4) is 0 Å². The minimum Gasteiger partial charge on any atom is -0.455 e. The third-order valence-corrected chi connectivity index (χ3v) is 3.67. The van der Waals surface area contributed by atoms with Crippen molar-refractivity contribution in [2.24, 2.45) is 0 Å². The fraction of sp³-hybridized carbons (Fsp3) is 0.211. The van der Waals surface area contributed by atoms with Gasteiger partial charge in [-0.1, -0.05) is 49.4 Å². The molecule has 0 aliphatic heterocycles. The molecule has 0 fully saturated rings. The van der Waals surface area contributed by atoms with Crippen molar-refractivity contribution in [3.63, 3.8) is 0 Å². The fourth-order valence-corrected chi connectivity index (χ4v) is 2.34. The lowest BCUT2D eigenvalue weighted by Gasteiger charge is -2.14. The highest BCUT2D eigenvalue weighted by molar-refractivity contribution is 5.95. The summed E-state index contributed by atoms with van der Waals surface area (Å²) in [7, 11) is 0. The third kappa shape index (κ3) is 5.14. The maximum absolute atomic E-state index is 13.5. The van der Waals surface area contributed by atoms with E-state index >= 15 is 0 Å².